The number of carbonyl (C=O) groups is 1. The van der Waals surface area contributed by atoms with Crippen molar-refractivity contribution in [1.82, 2.24) is 4.98 Å². The molecule has 0 amide bonds. The first kappa shape index (κ1) is 16.3. The van der Waals surface area contributed by atoms with Crippen LogP contribution in [-0.2, 0) is 10.3 Å². The van der Waals surface area contributed by atoms with Gasteiger partial charge < -0.3 is 19.9 Å². The normalized spacial score (nSPS) is 13.3. The smallest absolute Gasteiger partial charge is 0.343 e. The number of thiophene rings is 1. The number of ether oxygens (including phenoxy) is 2. The summed E-state index contributed by atoms with van der Waals surface area (Å²) in [5, 5.41) is 15.4. The Labute approximate surface area is 132 Å². The average Bonchev–Trinajstić information content (AvgIpc) is 3.07. The number of aromatic nitrogens is 1. The molecule has 6 nitrogen and oxygen atoms in total. The quantitative estimate of drug-likeness (QED) is 0.794. The lowest BCUT2D eigenvalue weighted by Crippen LogP contribution is -2.30. The van der Waals surface area contributed by atoms with Crippen LogP contribution in [0.15, 0.2) is 29.6 Å². The van der Waals surface area contributed by atoms with Gasteiger partial charge in [0.15, 0.2) is 0 Å². The number of nitrogens with zero attached hydrogens (tertiary/aromatic N) is 1. The summed E-state index contributed by atoms with van der Waals surface area (Å²) < 4.78 is 9.76. The Balaban J connectivity index is 2.12. The predicted molar refractivity (Wildman–Crippen MR) is 84.5 cm³/mol. The molecular weight excluding hydrogens is 304 g/mol. The number of rotatable bonds is 6. The van der Waals surface area contributed by atoms with Crippen LogP contribution < -0.4 is 10.1 Å². The number of carbonyl (C=O) groups excluding carboxylic acids is 1. The fourth-order valence-corrected chi connectivity index (χ4v) is 2.68. The van der Waals surface area contributed by atoms with Gasteiger partial charge in [0.1, 0.15) is 17.0 Å². The molecule has 0 aliphatic heterocycles. The SMILES string of the molecule is COC(=O)c1ccc(NCC(C)(O)c2cccs2)nc1OC. The van der Waals surface area contributed by atoms with Gasteiger partial charge in [-0.05, 0) is 30.5 Å². The summed E-state index contributed by atoms with van der Waals surface area (Å²) >= 11 is 1.49. The van der Waals surface area contributed by atoms with Gasteiger partial charge >= 0.3 is 5.97 Å². The van der Waals surface area contributed by atoms with Gasteiger partial charge in [0.2, 0.25) is 5.88 Å². The molecule has 22 heavy (non-hydrogen) atoms. The molecule has 2 rings (SSSR count). The maximum absolute atomic E-state index is 11.6. The fraction of sp³-hybridized carbons (Fsp3) is 0.333. The number of anilines is 1. The minimum Gasteiger partial charge on any atom is -0.480 e. The van der Waals surface area contributed by atoms with Gasteiger partial charge in [-0.3, -0.25) is 0 Å². The zero-order valence-corrected chi connectivity index (χ0v) is 13.4. The molecule has 0 radical (unpaired) electrons. The van der Waals surface area contributed by atoms with Crippen molar-refractivity contribution in [3.63, 3.8) is 0 Å². The van der Waals surface area contributed by atoms with Gasteiger partial charge in [0, 0.05) is 11.4 Å². The molecule has 118 valence electrons. The van der Waals surface area contributed by atoms with Crippen LogP contribution in [0.2, 0.25) is 0 Å². The Morgan fingerprint density at radius 3 is 2.77 bits per heavy atom. The first-order valence-corrected chi connectivity index (χ1v) is 7.49. The molecule has 1 atom stereocenters. The van der Waals surface area contributed by atoms with Crippen molar-refractivity contribution in [3.8, 4) is 5.88 Å². The number of esters is 1. The summed E-state index contributed by atoms with van der Waals surface area (Å²) in [5.41, 5.74) is -0.759. The highest BCUT2D eigenvalue weighted by atomic mass is 32.1. The summed E-state index contributed by atoms with van der Waals surface area (Å²) in [6.07, 6.45) is 0. The maximum Gasteiger partial charge on any atom is 0.343 e. The van der Waals surface area contributed by atoms with Crippen molar-refractivity contribution >= 4 is 23.1 Å². The molecule has 2 aromatic rings. The minimum absolute atomic E-state index is 0.174. The van der Waals surface area contributed by atoms with Crippen molar-refractivity contribution in [2.45, 2.75) is 12.5 Å². The predicted octanol–water partition coefficient (Wildman–Crippen LogP) is 2.26. The summed E-state index contributed by atoms with van der Waals surface area (Å²) in [7, 11) is 2.73. The van der Waals surface area contributed by atoms with Crippen LogP contribution in [0.25, 0.3) is 0 Å². The average molecular weight is 322 g/mol. The molecule has 0 aliphatic carbocycles. The summed E-state index contributed by atoms with van der Waals surface area (Å²) in [5.74, 6) is 0.162. The monoisotopic (exact) mass is 322 g/mol. The largest absolute Gasteiger partial charge is 0.480 e. The van der Waals surface area contributed by atoms with Gasteiger partial charge in [-0.1, -0.05) is 6.07 Å². The third kappa shape index (κ3) is 3.55. The standard InChI is InChI=1S/C15H18N2O4S/c1-15(19,11-5-4-8-22-11)9-16-12-7-6-10(14(18)21-3)13(17-12)20-2/h4-8,19H,9H2,1-3H3,(H,16,17). The molecular formula is C15H18N2O4S. The van der Waals surface area contributed by atoms with E-state index in [-0.39, 0.29) is 18.0 Å². The Hall–Kier alpha value is -2.12. The number of hydrogen-bond donors (Lipinski definition) is 2. The van der Waals surface area contributed by atoms with Crippen LogP contribution in [0.5, 0.6) is 5.88 Å². The lowest BCUT2D eigenvalue weighted by molar-refractivity contribution is 0.0595. The third-order valence-electron chi connectivity index (χ3n) is 3.12. The van der Waals surface area contributed by atoms with Crippen molar-refractivity contribution in [2.24, 2.45) is 0 Å². The molecule has 2 N–H and O–H groups in total. The molecule has 7 heteroatoms. The van der Waals surface area contributed by atoms with Gasteiger partial charge in [-0.15, -0.1) is 11.3 Å². The van der Waals surface area contributed by atoms with Crippen LogP contribution >= 0.6 is 11.3 Å². The number of pyridine rings is 1. The van der Waals surface area contributed by atoms with Crippen molar-refractivity contribution in [1.29, 1.82) is 0 Å². The first-order valence-electron chi connectivity index (χ1n) is 6.61. The zero-order valence-electron chi connectivity index (χ0n) is 12.6. The van der Waals surface area contributed by atoms with E-state index < -0.39 is 11.6 Å². The molecule has 0 fully saturated rings. The summed E-state index contributed by atoms with van der Waals surface area (Å²) in [4.78, 5) is 16.6. The Morgan fingerprint density at radius 2 is 2.18 bits per heavy atom. The number of hydrogen-bond acceptors (Lipinski definition) is 7. The molecule has 0 aromatic carbocycles. The number of nitrogens with one attached hydrogen (secondary N) is 1. The van der Waals surface area contributed by atoms with Crippen molar-refractivity contribution in [3.05, 3.63) is 40.1 Å². The van der Waals surface area contributed by atoms with Crippen molar-refractivity contribution in [2.75, 3.05) is 26.1 Å². The van der Waals surface area contributed by atoms with Gasteiger partial charge in [-0.2, -0.15) is 4.98 Å². The highest BCUT2D eigenvalue weighted by Gasteiger charge is 2.24. The van der Waals surface area contributed by atoms with Crippen LogP contribution in [-0.4, -0.2) is 36.8 Å². The van der Waals surface area contributed by atoms with E-state index in [1.807, 2.05) is 17.5 Å². The Bertz CT molecular complexity index is 641. The molecule has 0 saturated heterocycles. The molecule has 2 aromatic heterocycles. The molecule has 0 saturated carbocycles. The van der Waals surface area contributed by atoms with E-state index in [0.717, 1.165) is 4.88 Å². The Morgan fingerprint density at radius 1 is 1.41 bits per heavy atom. The second-order valence-corrected chi connectivity index (χ2v) is 5.80. The second kappa shape index (κ2) is 6.76. The summed E-state index contributed by atoms with van der Waals surface area (Å²) in [6, 6.07) is 6.97. The molecule has 0 spiro atoms. The van der Waals surface area contributed by atoms with E-state index in [9.17, 15) is 9.90 Å². The highest BCUT2D eigenvalue weighted by molar-refractivity contribution is 7.10. The third-order valence-corrected chi connectivity index (χ3v) is 4.25. The second-order valence-electron chi connectivity index (χ2n) is 4.85. The fourth-order valence-electron chi connectivity index (χ4n) is 1.89. The van der Waals surface area contributed by atoms with Crippen LogP contribution in [0.1, 0.15) is 22.2 Å². The Kier molecular flexibility index (Phi) is 4.99. The van der Waals surface area contributed by atoms with Gasteiger partial charge in [-0.25, -0.2) is 4.79 Å². The minimum atomic E-state index is -1.01. The topological polar surface area (TPSA) is 80.7 Å². The van der Waals surface area contributed by atoms with Crippen LogP contribution in [0.4, 0.5) is 5.82 Å². The molecule has 2 heterocycles. The molecule has 0 aliphatic rings. The first-order chi connectivity index (χ1) is 10.5. The van der Waals surface area contributed by atoms with Crippen LogP contribution in [0, 0.1) is 0 Å². The van der Waals surface area contributed by atoms with E-state index in [0.29, 0.717) is 5.82 Å². The van der Waals surface area contributed by atoms with Gasteiger partial charge in [0.05, 0.1) is 14.2 Å². The molecule has 0 bridgehead atoms. The highest BCUT2D eigenvalue weighted by Crippen LogP contribution is 2.26. The van der Waals surface area contributed by atoms with E-state index in [1.54, 1.807) is 19.1 Å². The lowest BCUT2D eigenvalue weighted by Gasteiger charge is -2.22. The van der Waals surface area contributed by atoms with E-state index in [2.05, 4.69) is 15.0 Å². The van der Waals surface area contributed by atoms with Crippen LogP contribution in [0.3, 0.4) is 0 Å². The lowest BCUT2D eigenvalue weighted by atomic mass is 10.1. The van der Waals surface area contributed by atoms with E-state index in [4.69, 9.17) is 4.74 Å². The molecule has 1 unspecified atom stereocenters. The zero-order chi connectivity index (χ0) is 16.2. The van der Waals surface area contributed by atoms with Crippen molar-refractivity contribution < 1.29 is 19.4 Å². The summed E-state index contributed by atoms with van der Waals surface area (Å²) in [6.45, 7) is 2.01. The number of aliphatic hydroxyl groups is 1. The van der Waals surface area contributed by atoms with Gasteiger partial charge in [0.25, 0.3) is 0 Å². The van der Waals surface area contributed by atoms with E-state index in [1.165, 1.54) is 25.6 Å². The number of methoxy groups -OCH3 is 2. The van der Waals surface area contributed by atoms with E-state index >= 15 is 0 Å². The maximum atomic E-state index is 11.6.